The summed E-state index contributed by atoms with van der Waals surface area (Å²) in [6, 6.07) is 7.51. The molecule has 54 heavy (non-hydrogen) atoms. The highest BCUT2D eigenvalue weighted by atomic mass is 35.6. The molecule has 6 rings (SSSR count). The predicted molar refractivity (Wildman–Crippen MR) is 187 cm³/mol. The molecule has 1 aromatic rings. The number of rotatable bonds is 5. The van der Waals surface area contributed by atoms with Crippen LogP contribution in [0.25, 0.3) is 0 Å². The van der Waals surface area contributed by atoms with Gasteiger partial charge in [0.1, 0.15) is 12.2 Å². The van der Waals surface area contributed by atoms with Crippen molar-refractivity contribution in [1.82, 2.24) is 0 Å². The lowest BCUT2D eigenvalue weighted by Gasteiger charge is -2.67. The van der Waals surface area contributed by atoms with E-state index >= 15 is 4.79 Å². The Bertz CT molecular complexity index is 1890. The van der Waals surface area contributed by atoms with Gasteiger partial charge in [-0.05, 0) is 31.6 Å². The molecule has 0 amide bonds. The molecule has 14 nitrogen and oxygen atoms in total. The van der Waals surface area contributed by atoms with E-state index in [4.69, 9.17) is 103 Å². The number of Topliss-reactive ketones (excluding diaryl/α,β-unsaturated/α-hetero) is 2. The summed E-state index contributed by atoms with van der Waals surface area (Å²) < 4.78 is 35.8. The maximum absolute atomic E-state index is 15.7. The number of hydrogen-bond acceptors (Lipinski definition) is 14. The Kier molecular flexibility index (Phi) is 10.1. The molecule has 4 fully saturated rings. The quantitative estimate of drug-likeness (QED) is 0.211. The van der Waals surface area contributed by atoms with Crippen LogP contribution >= 0.6 is 69.6 Å². The summed E-state index contributed by atoms with van der Waals surface area (Å²) in [6.07, 6.45) is -10.8. The molecule has 0 aromatic heterocycles. The maximum atomic E-state index is 15.7. The van der Waals surface area contributed by atoms with Crippen molar-refractivity contribution in [1.29, 1.82) is 0 Å². The number of ether oxygens (including phenoxy) is 7. The third-order valence-electron chi connectivity index (χ3n) is 11.1. The fourth-order valence-corrected chi connectivity index (χ4v) is 9.07. The Hall–Kier alpha value is -2.85. The second-order valence-corrected chi connectivity index (χ2v) is 18.8. The highest BCUT2D eigenvalue weighted by Gasteiger charge is 2.83. The first-order chi connectivity index (χ1) is 24.9. The van der Waals surface area contributed by atoms with Crippen LogP contribution in [0.2, 0.25) is 0 Å². The minimum Gasteiger partial charge on any atom is -0.458 e. The van der Waals surface area contributed by atoms with E-state index < -0.39 is 121 Å². The van der Waals surface area contributed by atoms with E-state index in [1.165, 1.54) is 52.0 Å². The van der Waals surface area contributed by atoms with Crippen molar-refractivity contribution in [2.45, 2.75) is 90.3 Å². The lowest BCUT2D eigenvalue weighted by Crippen LogP contribution is -2.83. The third-order valence-corrected chi connectivity index (χ3v) is 12.0. The molecule has 1 unspecified atom stereocenters. The van der Waals surface area contributed by atoms with E-state index in [1.807, 2.05) is 0 Å². The molecular weight excluding hydrogens is 845 g/mol. The van der Waals surface area contributed by atoms with Gasteiger partial charge in [-0.15, -0.1) is 0 Å². The first-order valence-electron chi connectivity index (χ1n) is 16.2. The molecule has 2 saturated heterocycles. The number of hydrogen-bond donors (Lipinski definition) is 0. The second-order valence-electron chi connectivity index (χ2n) is 14.2. The zero-order chi connectivity index (χ0) is 40.1. The van der Waals surface area contributed by atoms with Crippen LogP contribution in [0.4, 0.5) is 4.79 Å². The van der Waals surface area contributed by atoms with Crippen LogP contribution in [0, 0.1) is 16.7 Å². The SMILES string of the molecule is CC(=O)O[C@@]12COC1C[C@H](OC(=O)C(Cl)(Cl)Cl)[C@@]1(C)C(=O)[C@H](OC(=O)C(Cl)(Cl)Cl)C3=C(C)C(=O)[C@@H]4OC(=O)O[C@]4([C@@H](OC(=O)c4ccccc4)[C@@H]12)C3(C)C. The van der Waals surface area contributed by atoms with Gasteiger partial charge >= 0.3 is 30.0 Å². The lowest BCUT2D eigenvalue weighted by atomic mass is 9.44. The third kappa shape index (κ3) is 5.97. The molecule has 0 N–H and O–H groups in total. The first kappa shape index (κ1) is 40.8. The molecule has 2 saturated carbocycles. The van der Waals surface area contributed by atoms with Gasteiger partial charge in [0.2, 0.25) is 17.5 Å². The van der Waals surface area contributed by atoms with E-state index in [9.17, 15) is 28.8 Å². The number of carbonyl (C=O) groups is 7. The smallest absolute Gasteiger partial charge is 0.458 e. The number of alkyl halides is 6. The molecule has 292 valence electrons. The van der Waals surface area contributed by atoms with Crippen molar-refractivity contribution >= 4 is 111 Å². The summed E-state index contributed by atoms with van der Waals surface area (Å²) >= 11 is 35.5. The molecule has 1 aromatic carbocycles. The summed E-state index contributed by atoms with van der Waals surface area (Å²) in [4.78, 5) is 97.4. The van der Waals surface area contributed by atoms with Crippen LogP contribution in [-0.4, -0.2) is 97.5 Å². The predicted octanol–water partition coefficient (Wildman–Crippen LogP) is 5.29. The second kappa shape index (κ2) is 13.4. The number of esters is 4. The van der Waals surface area contributed by atoms with Gasteiger partial charge in [-0.3, -0.25) is 14.4 Å². The summed E-state index contributed by atoms with van der Waals surface area (Å²) in [7, 11) is 0. The summed E-state index contributed by atoms with van der Waals surface area (Å²) in [5.41, 5.74) is -9.17. The van der Waals surface area contributed by atoms with Crippen molar-refractivity contribution in [3.63, 3.8) is 0 Å². The minimum absolute atomic E-state index is 0.0231. The molecule has 20 heteroatoms. The largest absolute Gasteiger partial charge is 0.510 e. The average Bonchev–Trinajstić information content (AvgIpc) is 3.43. The molecule has 9 atom stereocenters. The zero-order valence-electron chi connectivity index (χ0n) is 28.7. The van der Waals surface area contributed by atoms with Crippen LogP contribution in [0.5, 0.6) is 0 Å². The van der Waals surface area contributed by atoms with Gasteiger partial charge in [0.05, 0.1) is 23.5 Å². The number of benzene rings is 1. The molecule has 2 bridgehead atoms. The van der Waals surface area contributed by atoms with Crippen molar-refractivity contribution in [2.75, 3.05) is 6.61 Å². The van der Waals surface area contributed by atoms with Gasteiger partial charge in [-0.1, -0.05) is 102 Å². The Balaban J connectivity index is 1.75. The summed E-state index contributed by atoms with van der Waals surface area (Å²) in [6.45, 7) is 5.99. The van der Waals surface area contributed by atoms with Gasteiger partial charge in [0.25, 0.3) is 7.59 Å². The van der Waals surface area contributed by atoms with Crippen molar-refractivity contribution < 1.29 is 66.7 Å². The van der Waals surface area contributed by atoms with Gasteiger partial charge in [-0.25, -0.2) is 19.2 Å². The lowest BCUT2D eigenvalue weighted by molar-refractivity contribution is -0.344. The molecular formula is C34H30Cl6O14. The summed E-state index contributed by atoms with van der Waals surface area (Å²) in [5.74, 6) is -8.82. The Labute approximate surface area is 337 Å². The Morgan fingerprint density at radius 1 is 0.870 bits per heavy atom. The normalized spacial score (nSPS) is 35.4. The minimum atomic E-state index is -2.78. The summed E-state index contributed by atoms with van der Waals surface area (Å²) in [5, 5.41) is 0. The van der Waals surface area contributed by atoms with Gasteiger partial charge in [0.15, 0.2) is 23.6 Å². The van der Waals surface area contributed by atoms with E-state index in [0.717, 1.165) is 6.92 Å². The van der Waals surface area contributed by atoms with Crippen molar-refractivity contribution in [2.24, 2.45) is 16.7 Å². The monoisotopic (exact) mass is 872 g/mol. The van der Waals surface area contributed by atoms with Crippen LogP contribution in [-0.2, 0) is 57.1 Å². The molecule has 5 aliphatic rings. The number of ketones is 2. The number of fused-ring (bicyclic) bond motifs is 4. The molecule has 3 aliphatic carbocycles. The van der Waals surface area contributed by atoms with Crippen molar-refractivity contribution in [3.8, 4) is 0 Å². The van der Waals surface area contributed by atoms with E-state index in [1.54, 1.807) is 6.07 Å². The Morgan fingerprint density at radius 2 is 1.46 bits per heavy atom. The van der Waals surface area contributed by atoms with Crippen LogP contribution < -0.4 is 0 Å². The van der Waals surface area contributed by atoms with Gasteiger partial charge in [0, 0.05) is 24.3 Å². The zero-order valence-corrected chi connectivity index (χ0v) is 33.3. The standard InChI is InChI=1S/C34H30Cl6O14/c1-13-18-20(50-27(46)34(38,39)40)22(43)30(5)16(49-26(45)33(35,36)37)11-17-31(12-48-17,53-14(2)41)21(30)24(51-25(44)15-9-7-6-8-10-15)32(29(18,3)4)23(19(13)42)52-28(47)54-32/h6-10,16-17,20-21,23-24H,11-12H2,1-5H3/t16-,17?,20+,21-,23-,24-,30+,31-,32+/m0/s1. The molecule has 1 spiro atoms. The highest BCUT2D eigenvalue weighted by Crippen LogP contribution is 2.66. The van der Waals surface area contributed by atoms with Gasteiger partial charge in [-0.2, -0.15) is 0 Å². The fraction of sp³-hybridized carbons (Fsp3) is 0.559. The average molecular weight is 875 g/mol. The molecule has 2 heterocycles. The number of carbonyl (C=O) groups excluding carboxylic acids is 7. The number of halogens is 6. The van der Waals surface area contributed by atoms with Gasteiger partial charge < -0.3 is 33.2 Å². The first-order valence-corrected chi connectivity index (χ1v) is 18.4. The molecule has 2 aliphatic heterocycles. The molecule has 0 radical (unpaired) electrons. The van der Waals surface area contributed by atoms with E-state index in [0.29, 0.717) is 0 Å². The highest BCUT2D eigenvalue weighted by molar-refractivity contribution is 6.76. The van der Waals surface area contributed by atoms with Crippen LogP contribution in [0.15, 0.2) is 41.5 Å². The Morgan fingerprint density at radius 3 is 2.00 bits per heavy atom. The van der Waals surface area contributed by atoms with Crippen LogP contribution in [0.3, 0.4) is 0 Å². The fourth-order valence-electron chi connectivity index (χ4n) is 8.80. The van der Waals surface area contributed by atoms with Crippen molar-refractivity contribution in [3.05, 3.63) is 47.0 Å². The van der Waals surface area contributed by atoms with E-state index in [-0.39, 0.29) is 16.7 Å². The maximum Gasteiger partial charge on any atom is 0.510 e. The van der Waals surface area contributed by atoms with Crippen LogP contribution in [0.1, 0.15) is 51.4 Å². The van der Waals surface area contributed by atoms with E-state index in [2.05, 4.69) is 0 Å². The topological polar surface area (TPSA) is 184 Å².